The number of nitrogens with zero attached hydrogens (tertiary/aromatic N) is 1. The van der Waals surface area contributed by atoms with Crippen LogP contribution in [0.1, 0.15) is 18.9 Å². The fourth-order valence-corrected chi connectivity index (χ4v) is 3.05. The summed E-state index contributed by atoms with van der Waals surface area (Å²) in [7, 11) is 0. The van der Waals surface area contributed by atoms with Crippen LogP contribution < -0.4 is 10.5 Å². The molecule has 29 heavy (non-hydrogen) atoms. The highest BCUT2D eigenvalue weighted by atomic mass is 16.5. The Morgan fingerprint density at radius 2 is 1.72 bits per heavy atom. The van der Waals surface area contributed by atoms with E-state index in [4.69, 9.17) is 14.9 Å². The molecule has 0 bridgehead atoms. The van der Waals surface area contributed by atoms with Crippen molar-refractivity contribution in [1.29, 1.82) is 0 Å². The Labute approximate surface area is 169 Å². The van der Waals surface area contributed by atoms with Crippen LogP contribution in [0.15, 0.2) is 77.2 Å². The standard InChI is InChI=1S/C24H24N2O3/c1-24(25,16-27)14-13-17-7-12-22-21(15-17)26-23(29-22)18-8-10-20(11-9-18)28-19-5-3-2-4-6-19/h2-12,15,27H,13-14,16,25H2,1H3. The Morgan fingerprint density at radius 1 is 1.00 bits per heavy atom. The van der Waals surface area contributed by atoms with Crippen LogP contribution in [0.2, 0.25) is 0 Å². The first-order valence-corrected chi connectivity index (χ1v) is 9.65. The number of benzene rings is 3. The van der Waals surface area contributed by atoms with E-state index in [0.29, 0.717) is 12.3 Å². The molecule has 0 fully saturated rings. The number of hydrogen-bond donors (Lipinski definition) is 2. The van der Waals surface area contributed by atoms with Gasteiger partial charge >= 0.3 is 0 Å². The number of ether oxygens (including phenoxy) is 1. The Morgan fingerprint density at radius 3 is 2.45 bits per heavy atom. The molecule has 5 heteroatoms. The van der Waals surface area contributed by atoms with Gasteiger partial charge in [0, 0.05) is 11.1 Å². The molecule has 148 valence electrons. The molecule has 0 aliphatic rings. The summed E-state index contributed by atoms with van der Waals surface area (Å²) < 4.78 is 11.7. The lowest BCUT2D eigenvalue weighted by Crippen LogP contribution is -2.40. The lowest BCUT2D eigenvalue weighted by atomic mass is 9.95. The number of nitrogens with two attached hydrogens (primary N) is 1. The summed E-state index contributed by atoms with van der Waals surface area (Å²) in [6.07, 6.45) is 1.47. The van der Waals surface area contributed by atoms with Crippen LogP contribution in [0, 0.1) is 0 Å². The molecular weight excluding hydrogens is 364 g/mol. The molecule has 5 nitrogen and oxygen atoms in total. The first-order valence-electron chi connectivity index (χ1n) is 9.65. The van der Waals surface area contributed by atoms with Gasteiger partial charge in [-0.1, -0.05) is 24.3 Å². The number of oxazole rings is 1. The molecule has 0 aliphatic heterocycles. The fraction of sp³-hybridized carbons (Fsp3) is 0.208. The molecule has 4 rings (SSSR count). The summed E-state index contributed by atoms with van der Waals surface area (Å²) >= 11 is 0. The van der Waals surface area contributed by atoms with Gasteiger partial charge in [-0.25, -0.2) is 4.98 Å². The van der Waals surface area contributed by atoms with Crippen LogP contribution in [-0.4, -0.2) is 22.2 Å². The van der Waals surface area contributed by atoms with Gasteiger partial charge in [-0.3, -0.25) is 0 Å². The second-order valence-corrected chi connectivity index (χ2v) is 7.57. The van der Waals surface area contributed by atoms with E-state index >= 15 is 0 Å². The largest absolute Gasteiger partial charge is 0.457 e. The summed E-state index contributed by atoms with van der Waals surface area (Å²) in [6.45, 7) is 1.82. The summed E-state index contributed by atoms with van der Waals surface area (Å²) in [5.74, 6) is 2.12. The molecule has 4 aromatic rings. The van der Waals surface area contributed by atoms with Gasteiger partial charge in [0.15, 0.2) is 5.58 Å². The highest BCUT2D eigenvalue weighted by Crippen LogP contribution is 2.28. The van der Waals surface area contributed by atoms with Crippen molar-refractivity contribution >= 4 is 11.1 Å². The van der Waals surface area contributed by atoms with Crippen molar-refractivity contribution in [1.82, 2.24) is 4.98 Å². The number of para-hydroxylation sites is 1. The lowest BCUT2D eigenvalue weighted by molar-refractivity contribution is 0.200. The summed E-state index contributed by atoms with van der Waals surface area (Å²) in [4.78, 5) is 4.63. The zero-order valence-electron chi connectivity index (χ0n) is 16.3. The fourth-order valence-electron chi connectivity index (χ4n) is 3.05. The molecule has 0 saturated carbocycles. The second kappa shape index (κ2) is 8.07. The molecular formula is C24H24N2O3. The number of rotatable bonds is 7. The zero-order valence-corrected chi connectivity index (χ0v) is 16.3. The first kappa shape index (κ1) is 19.2. The summed E-state index contributed by atoms with van der Waals surface area (Å²) in [5, 5.41) is 9.31. The van der Waals surface area contributed by atoms with Gasteiger partial charge in [0.2, 0.25) is 5.89 Å². The van der Waals surface area contributed by atoms with E-state index in [-0.39, 0.29) is 6.61 Å². The maximum atomic E-state index is 9.31. The van der Waals surface area contributed by atoms with Crippen LogP contribution in [0.4, 0.5) is 0 Å². The van der Waals surface area contributed by atoms with Gasteiger partial charge < -0.3 is 20.0 Å². The monoisotopic (exact) mass is 388 g/mol. The van der Waals surface area contributed by atoms with Crippen molar-refractivity contribution in [3.05, 3.63) is 78.4 Å². The molecule has 0 amide bonds. The quantitative estimate of drug-likeness (QED) is 0.469. The van der Waals surface area contributed by atoms with Crippen molar-refractivity contribution in [2.24, 2.45) is 5.73 Å². The average molecular weight is 388 g/mol. The first-order chi connectivity index (χ1) is 14.0. The molecule has 1 atom stereocenters. The third-order valence-corrected chi connectivity index (χ3v) is 4.88. The molecule has 3 aromatic carbocycles. The van der Waals surface area contributed by atoms with Gasteiger partial charge in [0.25, 0.3) is 0 Å². The van der Waals surface area contributed by atoms with E-state index < -0.39 is 5.54 Å². The highest BCUT2D eigenvalue weighted by Gasteiger charge is 2.17. The number of hydrogen-bond acceptors (Lipinski definition) is 5. The highest BCUT2D eigenvalue weighted by molar-refractivity contribution is 5.77. The topological polar surface area (TPSA) is 81.5 Å². The van der Waals surface area contributed by atoms with E-state index in [2.05, 4.69) is 4.98 Å². The van der Waals surface area contributed by atoms with Crippen LogP contribution in [0.3, 0.4) is 0 Å². The van der Waals surface area contributed by atoms with Crippen molar-refractivity contribution in [2.75, 3.05) is 6.61 Å². The normalized spacial score (nSPS) is 13.3. The number of aromatic nitrogens is 1. The third kappa shape index (κ3) is 4.65. The van der Waals surface area contributed by atoms with Gasteiger partial charge in [0.05, 0.1) is 6.61 Å². The number of aryl methyl sites for hydroxylation is 1. The minimum atomic E-state index is -0.576. The maximum Gasteiger partial charge on any atom is 0.227 e. The third-order valence-electron chi connectivity index (χ3n) is 4.88. The molecule has 0 radical (unpaired) electrons. The van der Waals surface area contributed by atoms with Crippen LogP contribution in [0.5, 0.6) is 11.5 Å². The molecule has 0 spiro atoms. The smallest absolute Gasteiger partial charge is 0.227 e. The predicted molar refractivity (Wildman–Crippen MR) is 114 cm³/mol. The maximum absolute atomic E-state index is 9.31. The summed E-state index contributed by atoms with van der Waals surface area (Å²) in [6, 6.07) is 23.3. The van der Waals surface area contributed by atoms with Gasteiger partial charge in [-0.15, -0.1) is 0 Å². The number of aliphatic hydroxyl groups is 1. The Balaban J connectivity index is 1.50. The van der Waals surface area contributed by atoms with Gasteiger partial charge in [0.1, 0.15) is 17.0 Å². The minimum absolute atomic E-state index is 0.0344. The van der Waals surface area contributed by atoms with Crippen molar-refractivity contribution in [3.8, 4) is 23.0 Å². The molecule has 0 saturated heterocycles. The molecule has 1 heterocycles. The molecule has 3 N–H and O–H groups in total. The second-order valence-electron chi connectivity index (χ2n) is 7.57. The Hall–Kier alpha value is -3.15. The van der Waals surface area contributed by atoms with Crippen LogP contribution in [-0.2, 0) is 6.42 Å². The van der Waals surface area contributed by atoms with Crippen LogP contribution >= 0.6 is 0 Å². The van der Waals surface area contributed by atoms with E-state index in [1.807, 2.05) is 79.7 Å². The zero-order chi connectivity index (χ0) is 20.3. The van der Waals surface area contributed by atoms with E-state index in [1.54, 1.807) is 0 Å². The van der Waals surface area contributed by atoms with Gasteiger partial charge in [-0.2, -0.15) is 0 Å². The van der Waals surface area contributed by atoms with E-state index in [9.17, 15) is 5.11 Å². The Kier molecular flexibility index (Phi) is 5.34. The molecule has 1 aromatic heterocycles. The number of aliphatic hydroxyl groups excluding tert-OH is 1. The molecule has 1 unspecified atom stereocenters. The Bertz CT molecular complexity index is 1090. The minimum Gasteiger partial charge on any atom is -0.457 e. The van der Waals surface area contributed by atoms with E-state index in [1.165, 1.54) is 0 Å². The van der Waals surface area contributed by atoms with Crippen molar-refractivity contribution in [2.45, 2.75) is 25.3 Å². The lowest BCUT2D eigenvalue weighted by Gasteiger charge is -2.21. The average Bonchev–Trinajstić information content (AvgIpc) is 3.17. The summed E-state index contributed by atoms with van der Waals surface area (Å²) in [5.41, 5.74) is 9.01. The van der Waals surface area contributed by atoms with Crippen molar-refractivity contribution in [3.63, 3.8) is 0 Å². The van der Waals surface area contributed by atoms with Gasteiger partial charge in [-0.05, 0) is 73.9 Å². The van der Waals surface area contributed by atoms with Crippen LogP contribution in [0.25, 0.3) is 22.6 Å². The SMILES string of the molecule is CC(N)(CO)CCc1ccc2oc(-c3ccc(Oc4ccccc4)cc3)nc2c1. The van der Waals surface area contributed by atoms with E-state index in [0.717, 1.165) is 40.1 Å². The van der Waals surface area contributed by atoms with Crippen molar-refractivity contribution < 1.29 is 14.3 Å². The number of fused-ring (bicyclic) bond motifs is 1. The predicted octanol–water partition coefficient (Wildman–Crippen LogP) is 4.93. The molecule has 0 aliphatic carbocycles.